The summed E-state index contributed by atoms with van der Waals surface area (Å²) in [5.41, 5.74) is 4.98. The molecule has 0 spiro atoms. The number of carbonyl (C=O) groups is 1. The largest absolute Gasteiger partial charge is 0.466 e. The minimum Gasteiger partial charge on any atom is -0.466 e. The van der Waals surface area contributed by atoms with Gasteiger partial charge in [0.15, 0.2) is 4.80 Å². The molecule has 39 heavy (non-hydrogen) atoms. The molecule has 1 aliphatic heterocycles. The summed E-state index contributed by atoms with van der Waals surface area (Å²) in [4.78, 5) is 32.3. The predicted molar refractivity (Wildman–Crippen MR) is 154 cm³/mol. The molecule has 0 saturated carbocycles. The van der Waals surface area contributed by atoms with Gasteiger partial charge in [-0.25, -0.2) is 9.79 Å². The summed E-state index contributed by atoms with van der Waals surface area (Å²) < 4.78 is 9.57. The minimum absolute atomic E-state index is 0.177. The number of carbonyl (C=O) groups excluding carboxylic acids is 1. The molecular formula is C32H27N3O3S. The van der Waals surface area contributed by atoms with Crippen molar-refractivity contribution in [2.75, 3.05) is 7.11 Å². The van der Waals surface area contributed by atoms with E-state index in [0.717, 1.165) is 28.6 Å². The van der Waals surface area contributed by atoms with Crippen LogP contribution in [-0.4, -0.2) is 22.2 Å². The van der Waals surface area contributed by atoms with Crippen LogP contribution in [0, 0.1) is 0 Å². The smallest absolute Gasteiger partial charge is 0.338 e. The van der Waals surface area contributed by atoms with E-state index in [9.17, 15) is 9.59 Å². The van der Waals surface area contributed by atoms with E-state index < -0.39 is 12.0 Å². The van der Waals surface area contributed by atoms with E-state index in [1.165, 1.54) is 24.0 Å². The third-order valence-corrected chi connectivity index (χ3v) is 8.05. The highest BCUT2D eigenvalue weighted by Gasteiger charge is 2.33. The van der Waals surface area contributed by atoms with Gasteiger partial charge in [-0.1, -0.05) is 97.1 Å². The molecule has 7 heteroatoms. The van der Waals surface area contributed by atoms with Crippen LogP contribution in [0.3, 0.4) is 0 Å². The van der Waals surface area contributed by atoms with Gasteiger partial charge in [-0.3, -0.25) is 9.36 Å². The van der Waals surface area contributed by atoms with E-state index in [1.54, 1.807) is 4.57 Å². The molecule has 0 amide bonds. The van der Waals surface area contributed by atoms with Crippen molar-refractivity contribution in [2.24, 2.45) is 4.99 Å². The van der Waals surface area contributed by atoms with Crippen molar-refractivity contribution in [3.63, 3.8) is 0 Å². The molecule has 0 radical (unpaired) electrons. The summed E-state index contributed by atoms with van der Waals surface area (Å²) in [6.07, 6.45) is 4.59. The second-order valence-corrected chi connectivity index (χ2v) is 10.4. The van der Waals surface area contributed by atoms with Gasteiger partial charge in [0.1, 0.15) is 0 Å². The van der Waals surface area contributed by atoms with Crippen molar-refractivity contribution >= 4 is 34.3 Å². The van der Waals surface area contributed by atoms with Crippen LogP contribution >= 0.6 is 11.3 Å². The van der Waals surface area contributed by atoms with E-state index in [-0.39, 0.29) is 5.56 Å². The van der Waals surface area contributed by atoms with Crippen molar-refractivity contribution < 1.29 is 9.53 Å². The van der Waals surface area contributed by atoms with Gasteiger partial charge in [0.2, 0.25) is 0 Å². The number of aromatic nitrogens is 2. The molecule has 1 aliphatic rings. The molecule has 0 aliphatic carbocycles. The zero-order valence-electron chi connectivity index (χ0n) is 21.7. The molecule has 0 fully saturated rings. The topological polar surface area (TPSA) is 65.6 Å². The Kier molecular flexibility index (Phi) is 6.59. The van der Waals surface area contributed by atoms with Crippen molar-refractivity contribution in [2.45, 2.75) is 25.9 Å². The van der Waals surface area contributed by atoms with Crippen LogP contribution in [0.5, 0.6) is 0 Å². The van der Waals surface area contributed by atoms with E-state index in [2.05, 4.69) is 35.0 Å². The first-order valence-corrected chi connectivity index (χ1v) is 13.7. The second kappa shape index (κ2) is 10.3. The molecule has 0 saturated heterocycles. The number of esters is 1. The third-order valence-electron chi connectivity index (χ3n) is 7.07. The number of methoxy groups -OCH3 is 1. The first-order valence-electron chi connectivity index (χ1n) is 12.9. The average Bonchev–Trinajstić information content (AvgIpc) is 3.49. The fourth-order valence-electron chi connectivity index (χ4n) is 5.26. The second-order valence-electron chi connectivity index (χ2n) is 9.41. The van der Waals surface area contributed by atoms with Gasteiger partial charge in [0.05, 0.1) is 29.0 Å². The molecule has 6 nitrogen and oxygen atoms in total. The van der Waals surface area contributed by atoms with Gasteiger partial charge < -0.3 is 9.30 Å². The lowest BCUT2D eigenvalue weighted by molar-refractivity contribution is -0.136. The number of hydrogen-bond acceptors (Lipinski definition) is 5. The SMILES string of the molecule is CCC1=C(C(=O)OC)[C@@H](c2ccccc2)n2c(s/c(=C/c3cn(Cc4ccccc4)c4ccccc34)c2=O)=N1. The van der Waals surface area contributed by atoms with Crippen LogP contribution in [0.25, 0.3) is 17.0 Å². The number of hydrogen-bond donors (Lipinski definition) is 0. The summed E-state index contributed by atoms with van der Waals surface area (Å²) in [7, 11) is 1.36. The molecule has 2 aromatic heterocycles. The molecule has 0 bridgehead atoms. The summed E-state index contributed by atoms with van der Waals surface area (Å²) in [6, 6.07) is 27.5. The number of nitrogens with zero attached hydrogens (tertiary/aromatic N) is 3. The lowest BCUT2D eigenvalue weighted by Crippen LogP contribution is -2.40. The Labute approximate surface area is 229 Å². The summed E-state index contributed by atoms with van der Waals surface area (Å²) >= 11 is 1.35. The highest BCUT2D eigenvalue weighted by atomic mass is 32.1. The molecule has 0 unspecified atom stereocenters. The summed E-state index contributed by atoms with van der Waals surface area (Å²) in [5, 5.41) is 1.07. The van der Waals surface area contributed by atoms with Crippen molar-refractivity contribution in [1.82, 2.24) is 9.13 Å². The Morgan fingerprint density at radius 3 is 2.41 bits per heavy atom. The Morgan fingerprint density at radius 1 is 1.00 bits per heavy atom. The molecule has 5 aromatic rings. The molecular weight excluding hydrogens is 506 g/mol. The number of para-hydroxylation sites is 1. The van der Waals surface area contributed by atoms with Gasteiger partial charge in [0.25, 0.3) is 5.56 Å². The lowest BCUT2D eigenvalue weighted by Gasteiger charge is -2.25. The zero-order valence-corrected chi connectivity index (χ0v) is 22.5. The van der Waals surface area contributed by atoms with Crippen LogP contribution in [0.2, 0.25) is 0 Å². The maximum atomic E-state index is 14.0. The first kappa shape index (κ1) is 24.8. The van der Waals surface area contributed by atoms with E-state index in [1.807, 2.05) is 73.7 Å². The van der Waals surface area contributed by atoms with E-state index >= 15 is 0 Å². The molecule has 1 atom stereocenters. The average molecular weight is 534 g/mol. The minimum atomic E-state index is -0.605. The zero-order chi connectivity index (χ0) is 26.9. The molecule has 6 rings (SSSR count). The maximum absolute atomic E-state index is 14.0. The Balaban J connectivity index is 1.54. The van der Waals surface area contributed by atoms with Crippen molar-refractivity contribution in [3.8, 4) is 0 Å². The highest BCUT2D eigenvalue weighted by Crippen LogP contribution is 2.31. The Morgan fingerprint density at radius 2 is 1.69 bits per heavy atom. The van der Waals surface area contributed by atoms with Crippen LogP contribution in [0.15, 0.2) is 112 Å². The fraction of sp³-hybridized carbons (Fsp3) is 0.156. The first-order chi connectivity index (χ1) is 19.1. The van der Waals surface area contributed by atoms with Crippen LogP contribution in [0.1, 0.15) is 36.1 Å². The van der Waals surface area contributed by atoms with Gasteiger partial charge in [-0.05, 0) is 29.7 Å². The van der Waals surface area contributed by atoms with Gasteiger partial charge in [0, 0.05) is 29.2 Å². The molecule has 0 N–H and O–H groups in total. The summed E-state index contributed by atoms with van der Waals surface area (Å²) in [5.74, 6) is -0.470. The summed E-state index contributed by atoms with van der Waals surface area (Å²) in [6.45, 7) is 2.69. The Hall–Kier alpha value is -4.49. The molecule has 3 aromatic carbocycles. The maximum Gasteiger partial charge on any atom is 0.338 e. The third kappa shape index (κ3) is 4.45. The quantitative estimate of drug-likeness (QED) is 0.295. The number of thiazole rings is 1. The van der Waals surface area contributed by atoms with Crippen LogP contribution in [0.4, 0.5) is 0 Å². The standard InChI is InChI=1S/C32H27N3O3S/c1-3-25-28(31(37)38-2)29(22-14-8-5-9-15-22)35-30(36)27(39-32(35)33-25)18-23-20-34(19-21-12-6-4-7-13-21)26-17-11-10-16-24(23)26/h4-18,20,29H,3,19H2,1-2H3/b27-18+/t29-/m1/s1. The molecule has 194 valence electrons. The van der Waals surface area contributed by atoms with Gasteiger partial charge in [-0.15, -0.1) is 0 Å². The van der Waals surface area contributed by atoms with E-state index in [0.29, 0.717) is 27.0 Å². The predicted octanol–water partition coefficient (Wildman–Crippen LogP) is 4.80. The monoisotopic (exact) mass is 533 g/mol. The van der Waals surface area contributed by atoms with E-state index in [4.69, 9.17) is 9.73 Å². The fourth-order valence-corrected chi connectivity index (χ4v) is 6.27. The molecule has 3 heterocycles. The Bertz CT molecular complexity index is 1900. The normalized spacial score (nSPS) is 15.3. The van der Waals surface area contributed by atoms with Gasteiger partial charge in [-0.2, -0.15) is 0 Å². The number of fused-ring (bicyclic) bond motifs is 2. The number of rotatable bonds is 6. The van der Waals surface area contributed by atoms with Crippen molar-refractivity contribution in [1.29, 1.82) is 0 Å². The van der Waals surface area contributed by atoms with Crippen LogP contribution in [-0.2, 0) is 16.1 Å². The lowest BCUT2D eigenvalue weighted by atomic mass is 9.95. The number of allylic oxidation sites excluding steroid dienone is 1. The highest BCUT2D eigenvalue weighted by molar-refractivity contribution is 7.07. The number of ether oxygens (including phenoxy) is 1. The van der Waals surface area contributed by atoms with Crippen LogP contribution < -0.4 is 14.9 Å². The number of benzene rings is 3. The van der Waals surface area contributed by atoms with Gasteiger partial charge >= 0.3 is 5.97 Å². The van der Waals surface area contributed by atoms with Crippen molar-refractivity contribution in [3.05, 3.63) is 139 Å².